The molecule has 0 atom stereocenters. The average Bonchev–Trinajstić information content (AvgIpc) is 2.69. The number of rotatable bonds is 8. The molecule has 0 unspecified atom stereocenters. The third-order valence-electron chi connectivity index (χ3n) is 4.35. The van der Waals surface area contributed by atoms with E-state index in [1.807, 2.05) is 26.1 Å². The largest absolute Gasteiger partial charge is 0.375 e. The van der Waals surface area contributed by atoms with Crippen LogP contribution in [-0.2, 0) is 4.79 Å². The summed E-state index contributed by atoms with van der Waals surface area (Å²) in [6.07, 6.45) is 0.744. The summed E-state index contributed by atoms with van der Waals surface area (Å²) in [6.45, 7) is 5.32. The maximum absolute atomic E-state index is 12.9. The Hall–Kier alpha value is -2.24. The predicted molar refractivity (Wildman–Crippen MR) is 117 cm³/mol. The number of hydrogen-bond acceptors (Lipinski definition) is 3. The fourth-order valence-electron chi connectivity index (χ4n) is 2.70. The standard InChI is InChI=1S/C21H25Cl2N3O2/c1-4-12-26(14-20(27)24-19-13-16(22)8-11-18(19)23)21(28)15-6-9-17(10-7-15)25(3)5-2/h6-11,13H,4-5,12,14H2,1-3H3,(H,24,27). The molecule has 0 aromatic heterocycles. The van der Waals surface area contributed by atoms with Gasteiger partial charge in [-0.2, -0.15) is 0 Å². The minimum atomic E-state index is -0.326. The van der Waals surface area contributed by atoms with Gasteiger partial charge in [-0.25, -0.2) is 0 Å². The van der Waals surface area contributed by atoms with Crippen LogP contribution in [0.4, 0.5) is 11.4 Å². The minimum Gasteiger partial charge on any atom is -0.375 e. The summed E-state index contributed by atoms with van der Waals surface area (Å²) in [7, 11) is 1.99. The topological polar surface area (TPSA) is 52.7 Å². The van der Waals surface area contributed by atoms with E-state index in [4.69, 9.17) is 23.2 Å². The Kier molecular flexibility index (Phi) is 8.15. The SMILES string of the molecule is CCCN(CC(=O)Nc1cc(Cl)ccc1Cl)C(=O)c1ccc(N(C)CC)cc1. The van der Waals surface area contributed by atoms with Crippen LogP contribution in [0.1, 0.15) is 30.6 Å². The fourth-order valence-corrected chi connectivity index (χ4v) is 3.04. The maximum Gasteiger partial charge on any atom is 0.254 e. The molecule has 0 saturated heterocycles. The average molecular weight is 422 g/mol. The van der Waals surface area contributed by atoms with Gasteiger partial charge >= 0.3 is 0 Å². The van der Waals surface area contributed by atoms with Gasteiger partial charge in [0.2, 0.25) is 5.91 Å². The van der Waals surface area contributed by atoms with Crippen LogP contribution in [-0.4, -0.2) is 43.4 Å². The van der Waals surface area contributed by atoms with Crippen LogP contribution >= 0.6 is 23.2 Å². The molecule has 0 saturated carbocycles. The van der Waals surface area contributed by atoms with Crippen LogP contribution in [0.15, 0.2) is 42.5 Å². The van der Waals surface area contributed by atoms with Gasteiger partial charge in [-0.3, -0.25) is 9.59 Å². The molecule has 0 aliphatic rings. The number of benzene rings is 2. The van der Waals surface area contributed by atoms with Crippen LogP contribution in [0.25, 0.3) is 0 Å². The third-order valence-corrected chi connectivity index (χ3v) is 4.91. The molecular formula is C21H25Cl2N3O2. The maximum atomic E-state index is 12.9. The van der Waals surface area contributed by atoms with Gasteiger partial charge in [-0.05, 0) is 55.8 Å². The van der Waals surface area contributed by atoms with Crippen LogP contribution in [0.3, 0.4) is 0 Å². The lowest BCUT2D eigenvalue weighted by atomic mass is 10.1. The molecule has 0 heterocycles. The molecule has 0 aliphatic carbocycles. The highest BCUT2D eigenvalue weighted by Gasteiger charge is 2.19. The highest BCUT2D eigenvalue weighted by atomic mass is 35.5. The summed E-state index contributed by atoms with van der Waals surface area (Å²) in [5, 5.41) is 3.58. The molecule has 2 aromatic carbocycles. The second kappa shape index (κ2) is 10.3. The van der Waals surface area contributed by atoms with Crippen LogP contribution in [0.2, 0.25) is 10.0 Å². The normalized spacial score (nSPS) is 10.5. The molecular weight excluding hydrogens is 397 g/mol. The van der Waals surface area contributed by atoms with E-state index >= 15 is 0 Å². The number of nitrogens with zero attached hydrogens (tertiary/aromatic N) is 2. The second-order valence-corrected chi connectivity index (χ2v) is 7.30. The first-order chi connectivity index (χ1) is 13.3. The van der Waals surface area contributed by atoms with Crippen molar-refractivity contribution in [1.29, 1.82) is 0 Å². The molecule has 0 fully saturated rings. The third kappa shape index (κ3) is 5.88. The first-order valence-corrected chi connectivity index (χ1v) is 9.96. The van der Waals surface area contributed by atoms with Crippen molar-refractivity contribution in [2.24, 2.45) is 0 Å². The fraction of sp³-hybridized carbons (Fsp3) is 0.333. The van der Waals surface area contributed by atoms with E-state index in [0.717, 1.165) is 18.7 Å². The molecule has 2 rings (SSSR count). The number of carbonyl (C=O) groups excluding carboxylic acids is 2. The second-order valence-electron chi connectivity index (χ2n) is 6.46. The van der Waals surface area contributed by atoms with Gasteiger partial charge < -0.3 is 15.1 Å². The highest BCUT2D eigenvalue weighted by Crippen LogP contribution is 2.25. The summed E-state index contributed by atoms with van der Waals surface area (Å²) >= 11 is 12.0. The van der Waals surface area contributed by atoms with E-state index in [1.54, 1.807) is 30.3 Å². The van der Waals surface area contributed by atoms with Crippen LogP contribution in [0.5, 0.6) is 0 Å². The first-order valence-electron chi connectivity index (χ1n) is 9.21. The quantitative estimate of drug-likeness (QED) is 0.656. The van der Waals surface area contributed by atoms with E-state index in [0.29, 0.717) is 27.8 Å². The lowest BCUT2D eigenvalue weighted by Gasteiger charge is -2.22. The molecule has 0 spiro atoms. The van der Waals surface area contributed by atoms with Gasteiger partial charge in [-0.1, -0.05) is 30.1 Å². The number of hydrogen-bond donors (Lipinski definition) is 1. The Balaban J connectivity index is 2.10. The van der Waals surface area contributed by atoms with Crippen molar-refractivity contribution in [1.82, 2.24) is 4.90 Å². The van der Waals surface area contributed by atoms with Gasteiger partial charge in [-0.15, -0.1) is 0 Å². The Morgan fingerprint density at radius 2 is 1.71 bits per heavy atom. The zero-order valence-corrected chi connectivity index (χ0v) is 17.8. The zero-order valence-electron chi connectivity index (χ0n) is 16.3. The number of amides is 2. The molecule has 1 N–H and O–H groups in total. The molecule has 2 amide bonds. The Bertz CT molecular complexity index is 825. The molecule has 5 nitrogen and oxygen atoms in total. The molecule has 0 radical (unpaired) electrons. The van der Waals surface area contributed by atoms with Crippen molar-refractivity contribution in [3.8, 4) is 0 Å². The van der Waals surface area contributed by atoms with E-state index < -0.39 is 0 Å². The van der Waals surface area contributed by atoms with Crippen molar-refractivity contribution in [3.05, 3.63) is 58.1 Å². The predicted octanol–water partition coefficient (Wildman–Crippen LogP) is 4.94. The molecule has 150 valence electrons. The number of anilines is 2. The summed E-state index contributed by atoms with van der Waals surface area (Å²) in [5.74, 6) is -0.506. The van der Waals surface area contributed by atoms with Gasteiger partial charge in [0.05, 0.1) is 10.7 Å². The molecule has 0 aliphatic heterocycles. The van der Waals surface area contributed by atoms with Crippen LogP contribution < -0.4 is 10.2 Å². The minimum absolute atomic E-state index is 0.0634. The monoisotopic (exact) mass is 421 g/mol. The Morgan fingerprint density at radius 3 is 2.32 bits per heavy atom. The summed E-state index contributed by atoms with van der Waals surface area (Å²) in [5.41, 5.74) is 2.01. The summed E-state index contributed by atoms with van der Waals surface area (Å²) < 4.78 is 0. The highest BCUT2D eigenvalue weighted by molar-refractivity contribution is 6.35. The Labute approximate surface area is 176 Å². The van der Waals surface area contributed by atoms with Crippen molar-refractivity contribution in [2.45, 2.75) is 20.3 Å². The van der Waals surface area contributed by atoms with Gasteiger partial charge in [0.1, 0.15) is 6.54 Å². The van der Waals surface area contributed by atoms with Crippen molar-refractivity contribution in [2.75, 3.05) is 36.9 Å². The lowest BCUT2D eigenvalue weighted by molar-refractivity contribution is -0.116. The zero-order chi connectivity index (χ0) is 20.7. The number of carbonyl (C=O) groups is 2. The van der Waals surface area contributed by atoms with Crippen LogP contribution in [0, 0.1) is 0 Å². The van der Waals surface area contributed by atoms with Crippen molar-refractivity contribution < 1.29 is 9.59 Å². The number of halogens is 2. The van der Waals surface area contributed by atoms with Crippen molar-refractivity contribution in [3.63, 3.8) is 0 Å². The Morgan fingerprint density at radius 1 is 1.04 bits per heavy atom. The summed E-state index contributed by atoms with van der Waals surface area (Å²) in [4.78, 5) is 29.0. The first kappa shape index (κ1) is 22.1. The molecule has 7 heteroatoms. The van der Waals surface area contributed by atoms with Gasteiger partial charge in [0.15, 0.2) is 0 Å². The number of nitrogens with one attached hydrogen (secondary N) is 1. The smallest absolute Gasteiger partial charge is 0.254 e. The van der Waals surface area contributed by atoms with E-state index in [2.05, 4.69) is 17.1 Å². The molecule has 2 aromatic rings. The molecule has 0 bridgehead atoms. The van der Waals surface area contributed by atoms with Crippen molar-refractivity contribution >= 4 is 46.4 Å². The van der Waals surface area contributed by atoms with E-state index in [-0.39, 0.29) is 18.4 Å². The van der Waals surface area contributed by atoms with Gasteiger partial charge in [0.25, 0.3) is 5.91 Å². The van der Waals surface area contributed by atoms with Gasteiger partial charge in [0, 0.05) is 36.4 Å². The summed E-state index contributed by atoms with van der Waals surface area (Å²) in [6, 6.07) is 12.2. The molecule has 28 heavy (non-hydrogen) atoms. The van der Waals surface area contributed by atoms with E-state index in [9.17, 15) is 9.59 Å². The van der Waals surface area contributed by atoms with E-state index in [1.165, 1.54) is 4.90 Å². The lowest BCUT2D eigenvalue weighted by Crippen LogP contribution is -2.38.